The topological polar surface area (TPSA) is 90.0 Å². The van der Waals surface area contributed by atoms with Crippen LogP contribution in [0.4, 0.5) is 26.5 Å². The number of piperidine rings is 1. The number of amides is 1. The van der Waals surface area contributed by atoms with Gasteiger partial charge in [-0.15, -0.1) is 0 Å². The van der Waals surface area contributed by atoms with Crippen LogP contribution in [-0.4, -0.2) is 62.3 Å². The minimum absolute atomic E-state index is 0.0789. The molecule has 0 radical (unpaired) electrons. The highest BCUT2D eigenvalue weighted by Gasteiger charge is 2.41. The van der Waals surface area contributed by atoms with Gasteiger partial charge in [0.05, 0.1) is 11.9 Å². The summed E-state index contributed by atoms with van der Waals surface area (Å²) in [6.45, 7) is 0.900. The van der Waals surface area contributed by atoms with Gasteiger partial charge in [0.1, 0.15) is 11.9 Å². The zero-order chi connectivity index (χ0) is 24.7. The molecular formula is C26H35F2N7O. The smallest absolute Gasteiger partial charge is 0.251 e. The van der Waals surface area contributed by atoms with Crippen molar-refractivity contribution in [2.24, 2.45) is 0 Å². The summed E-state index contributed by atoms with van der Waals surface area (Å²) in [7, 11) is 0. The number of likely N-dealkylation sites (tertiary alicyclic amines) is 1. The van der Waals surface area contributed by atoms with Gasteiger partial charge in [0.25, 0.3) is 5.92 Å². The number of H-pyrrole nitrogens is 1. The fourth-order valence-electron chi connectivity index (χ4n) is 6.31. The highest BCUT2D eigenvalue weighted by Crippen LogP contribution is 2.35. The summed E-state index contributed by atoms with van der Waals surface area (Å²) in [5.74, 6) is -0.205. The summed E-state index contributed by atoms with van der Waals surface area (Å²) in [5.41, 5.74) is 3.33. The molecule has 0 spiro atoms. The average Bonchev–Trinajstić information content (AvgIpc) is 3.65. The van der Waals surface area contributed by atoms with E-state index in [0.29, 0.717) is 30.8 Å². The Hall–Kier alpha value is -2.78. The lowest BCUT2D eigenvalue weighted by Gasteiger charge is -2.35. The summed E-state index contributed by atoms with van der Waals surface area (Å²) in [4.78, 5) is 34.7. The van der Waals surface area contributed by atoms with Crippen LogP contribution in [0.1, 0.15) is 87.1 Å². The average molecular weight is 500 g/mol. The number of anilines is 3. The molecule has 194 valence electrons. The molecule has 8 nitrogen and oxygen atoms in total. The van der Waals surface area contributed by atoms with Gasteiger partial charge in [-0.1, -0.05) is 19.3 Å². The first-order chi connectivity index (χ1) is 17.5. The molecule has 2 aliphatic heterocycles. The van der Waals surface area contributed by atoms with Crippen molar-refractivity contribution in [1.82, 2.24) is 24.8 Å². The number of fused-ring (bicyclic) bond motifs is 1. The predicted octanol–water partition coefficient (Wildman–Crippen LogP) is 4.71. The van der Waals surface area contributed by atoms with E-state index in [2.05, 4.69) is 15.3 Å². The lowest BCUT2D eigenvalue weighted by atomic mass is 9.87. The van der Waals surface area contributed by atoms with Crippen LogP contribution >= 0.6 is 0 Å². The third-order valence-corrected chi connectivity index (χ3v) is 8.40. The van der Waals surface area contributed by atoms with E-state index in [1.165, 1.54) is 37.8 Å². The molecule has 2 aromatic rings. The number of nitrogens with zero attached hydrogens (tertiary/aromatic N) is 5. The zero-order valence-electron chi connectivity index (χ0n) is 20.7. The van der Waals surface area contributed by atoms with Crippen LogP contribution in [0, 0.1) is 0 Å². The van der Waals surface area contributed by atoms with Crippen LogP contribution in [0.25, 0.3) is 0 Å². The maximum absolute atomic E-state index is 13.6. The van der Waals surface area contributed by atoms with E-state index in [0.717, 1.165) is 42.8 Å². The molecule has 2 aromatic heterocycles. The van der Waals surface area contributed by atoms with Gasteiger partial charge in [-0.3, -0.25) is 4.79 Å². The number of aryl methyl sites for hydroxylation is 1. The van der Waals surface area contributed by atoms with Gasteiger partial charge in [0.15, 0.2) is 0 Å². The van der Waals surface area contributed by atoms with Gasteiger partial charge in [0, 0.05) is 49.7 Å². The summed E-state index contributed by atoms with van der Waals surface area (Å²) < 4.78 is 27.3. The Bertz CT molecular complexity index is 1100. The minimum Gasteiger partial charge on any atom is -0.340 e. The summed E-state index contributed by atoms with van der Waals surface area (Å²) in [6, 6.07) is -0.398. The van der Waals surface area contributed by atoms with Crippen LogP contribution in [0.3, 0.4) is 0 Å². The molecule has 3 fully saturated rings. The predicted molar refractivity (Wildman–Crippen MR) is 133 cm³/mol. The maximum Gasteiger partial charge on any atom is 0.251 e. The van der Waals surface area contributed by atoms with Crippen LogP contribution in [0.5, 0.6) is 0 Å². The first kappa shape index (κ1) is 23.6. The zero-order valence-corrected chi connectivity index (χ0v) is 20.7. The van der Waals surface area contributed by atoms with Crippen LogP contribution in [0.15, 0.2) is 6.20 Å². The number of carbonyl (C=O) groups is 1. The second kappa shape index (κ2) is 9.59. The lowest BCUT2D eigenvalue weighted by Crippen LogP contribution is -2.50. The van der Waals surface area contributed by atoms with Crippen molar-refractivity contribution in [1.29, 1.82) is 0 Å². The number of hydrogen-bond acceptors (Lipinski definition) is 6. The van der Waals surface area contributed by atoms with Crippen molar-refractivity contribution in [3.63, 3.8) is 0 Å². The number of nitrogens with one attached hydrogen (secondary N) is 2. The summed E-state index contributed by atoms with van der Waals surface area (Å²) in [5, 5.41) is 3.42. The number of rotatable bonds is 5. The van der Waals surface area contributed by atoms with Gasteiger partial charge in [-0.05, 0) is 44.9 Å². The van der Waals surface area contributed by atoms with Crippen molar-refractivity contribution < 1.29 is 13.6 Å². The molecule has 0 bridgehead atoms. The van der Waals surface area contributed by atoms with Crippen molar-refractivity contribution in [3.8, 4) is 0 Å². The third-order valence-electron chi connectivity index (χ3n) is 8.40. The molecule has 1 atom stereocenters. The van der Waals surface area contributed by atoms with Crippen molar-refractivity contribution in [2.45, 2.75) is 94.9 Å². The summed E-state index contributed by atoms with van der Waals surface area (Å²) >= 11 is 0. The Labute approximate surface area is 210 Å². The van der Waals surface area contributed by atoms with Gasteiger partial charge < -0.3 is 20.1 Å². The molecule has 10 heteroatoms. The fraction of sp³-hybridized carbons (Fsp3) is 0.692. The van der Waals surface area contributed by atoms with Crippen LogP contribution in [-0.2, 0) is 17.6 Å². The highest BCUT2D eigenvalue weighted by atomic mass is 19.3. The monoisotopic (exact) mass is 499 g/mol. The van der Waals surface area contributed by atoms with E-state index < -0.39 is 12.0 Å². The van der Waals surface area contributed by atoms with Crippen molar-refractivity contribution in [2.75, 3.05) is 29.9 Å². The molecule has 1 amide bonds. The van der Waals surface area contributed by atoms with Gasteiger partial charge >= 0.3 is 0 Å². The molecule has 2 aliphatic carbocycles. The Morgan fingerprint density at radius 3 is 2.61 bits per heavy atom. The van der Waals surface area contributed by atoms with E-state index in [1.807, 2.05) is 11.1 Å². The van der Waals surface area contributed by atoms with Crippen LogP contribution < -0.4 is 10.2 Å². The first-order valence-corrected chi connectivity index (χ1v) is 13.6. The molecule has 2 saturated heterocycles. The minimum atomic E-state index is -2.67. The van der Waals surface area contributed by atoms with E-state index in [4.69, 9.17) is 9.97 Å². The molecule has 36 heavy (non-hydrogen) atoms. The number of imidazole rings is 1. The quantitative estimate of drug-likeness (QED) is 0.620. The lowest BCUT2D eigenvalue weighted by molar-refractivity contribution is -0.138. The molecule has 0 aromatic carbocycles. The Morgan fingerprint density at radius 1 is 1.00 bits per heavy atom. The number of halogens is 2. The maximum atomic E-state index is 13.6. The summed E-state index contributed by atoms with van der Waals surface area (Å²) in [6.07, 6.45) is 12.0. The second-order valence-electron chi connectivity index (χ2n) is 10.8. The second-order valence-corrected chi connectivity index (χ2v) is 10.8. The molecule has 6 rings (SSSR count). The number of aromatic nitrogens is 4. The number of aromatic amines is 1. The molecule has 0 unspecified atom stereocenters. The molecular weight excluding hydrogens is 464 g/mol. The SMILES string of the molecule is O=C([C@@H]1CCCN1c1nc2c(c(Nc3ncc(C4CCCCC4)[nH]3)n1)CCC2)N1CCC(F)(F)CC1. The molecule has 4 aliphatic rings. The number of alkyl halides is 2. The Morgan fingerprint density at radius 2 is 1.81 bits per heavy atom. The van der Waals surface area contributed by atoms with Crippen LogP contribution in [0.2, 0.25) is 0 Å². The van der Waals surface area contributed by atoms with Crippen molar-refractivity contribution in [3.05, 3.63) is 23.1 Å². The third kappa shape index (κ3) is 4.66. The fourth-order valence-corrected chi connectivity index (χ4v) is 6.31. The normalized spacial score (nSPS) is 24.2. The standard InChI is InChI=1S/C26H35F2N7O/c27-26(28)11-14-34(15-12-26)23(36)21-10-5-13-35(21)25-31-19-9-4-8-18(19)22(33-25)32-24-29-16-20(30-24)17-6-2-1-3-7-17/h16-17,21H,1-15H2,(H2,29,30,31,32,33)/t21-/m0/s1. The number of hydrogen-bond donors (Lipinski definition) is 2. The molecule has 4 heterocycles. The molecule has 2 N–H and O–H groups in total. The molecule has 1 saturated carbocycles. The number of carbonyl (C=O) groups excluding carboxylic acids is 1. The van der Waals surface area contributed by atoms with Gasteiger partial charge in [-0.25, -0.2) is 18.7 Å². The largest absolute Gasteiger partial charge is 0.340 e. The first-order valence-electron chi connectivity index (χ1n) is 13.6. The van der Waals surface area contributed by atoms with Gasteiger partial charge in [-0.2, -0.15) is 4.98 Å². The van der Waals surface area contributed by atoms with E-state index in [-0.39, 0.29) is 31.8 Å². The highest BCUT2D eigenvalue weighted by molar-refractivity contribution is 5.85. The van der Waals surface area contributed by atoms with E-state index in [1.54, 1.807) is 4.90 Å². The van der Waals surface area contributed by atoms with Crippen molar-refractivity contribution >= 4 is 23.6 Å². The van der Waals surface area contributed by atoms with E-state index >= 15 is 0 Å². The van der Waals surface area contributed by atoms with Gasteiger partial charge in [0.2, 0.25) is 17.8 Å². The van der Waals surface area contributed by atoms with E-state index in [9.17, 15) is 13.6 Å². The Kier molecular flexibility index (Phi) is 6.29. The Balaban J connectivity index is 1.22.